The van der Waals surface area contributed by atoms with Crippen molar-refractivity contribution in [1.82, 2.24) is 14.5 Å². The molecule has 0 aliphatic heterocycles. The molecule has 0 bridgehead atoms. The van der Waals surface area contributed by atoms with E-state index in [9.17, 15) is 0 Å². The van der Waals surface area contributed by atoms with Crippen LogP contribution in [0.1, 0.15) is 86.7 Å². The van der Waals surface area contributed by atoms with E-state index in [1.54, 1.807) is 6.07 Å². The SMILES string of the molecule is CC(C)(C)c1ccnc(-c2[c-]cccc2)c1.[2H]C([2H])([2H])c1c[c-]c(-c2nc3ccccc3n2-c2c(C(C)C)cc(-c3ccccc3)cc2C(C)C)c2oc3c4ccc5ccccc5c4ccc3c12.[Ir]. The molecule has 0 N–H and O–H groups in total. The van der Waals surface area contributed by atoms with E-state index in [1.165, 1.54) is 27.8 Å². The van der Waals surface area contributed by atoms with Crippen LogP contribution in [0.15, 0.2) is 168 Å². The van der Waals surface area contributed by atoms with Crippen LogP contribution in [0.5, 0.6) is 0 Å². The minimum Gasteiger partial charge on any atom is -0.500 e. The van der Waals surface area contributed by atoms with E-state index in [-0.39, 0.29) is 42.9 Å². The van der Waals surface area contributed by atoms with Gasteiger partial charge in [0.15, 0.2) is 0 Å². The number of fused-ring (bicyclic) bond motifs is 8. The summed E-state index contributed by atoms with van der Waals surface area (Å²) in [6, 6.07) is 60.3. The van der Waals surface area contributed by atoms with E-state index in [1.807, 2.05) is 72.9 Å². The van der Waals surface area contributed by atoms with Crippen molar-refractivity contribution in [3.63, 3.8) is 0 Å². The molecule has 0 fully saturated rings. The number of rotatable bonds is 6. The Balaban J connectivity index is 0.000000296. The number of aromatic nitrogens is 3. The topological polar surface area (TPSA) is 43.9 Å². The van der Waals surface area contributed by atoms with Crippen molar-refractivity contribution in [1.29, 1.82) is 0 Å². The molecule has 0 aliphatic rings. The van der Waals surface area contributed by atoms with Gasteiger partial charge in [0, 0.05) is 46.9 Å². The third-order valence-electron chi connectivity index (χ3n) is 12.6. The van der Waals surface area contributed by atoms with E-state index in [2.05, 4.69) is 155 Å². The molecule has 3 heterocycles. The number of hydrogen-bond acceptors (Lipinski definition) is 3. The average molecular weight is 1040 g/mol. The molecule has 0 amide bonds. The maximum absolute atomic E-state index is 8.57. The first-order valence-corrected chi connectivity index (χ1v) is 22.5. The Hall–Kier alpha value is -6.65. The smallest absolute Gasteiger partial charge is 0.128 e. The zero-order valence-electron chi connectivity index (χ0n) is 41.3. The molecule has 8 aromatic carbocycles. The van der Waals surface area contributed by atoms with Crippen molar-refractivity contribution in [3.05, 3.63) is 198 Å². The number of aryl methyl sites for hydroxylation is 1. The van der Waals surface area contributed by atoms with Crippen LogP contribution in [-0.2, 0) is 25.5 Å². The molecule has 1 radical (unpaired) electrons. The number of benzene rings is 8. The summed E-state index contributed by atoms with van der Waals surface area (Å²) in [5.74, 6) is 1.05. The summed E-state index contributed by atoms with van der Waals surface area (Å²) in [6.07, 6.45) is 1.87. The third-order valence-corrected chi connectivity index (χ3v) is 12.6. The normalized spacial score (nSPS) is 12.7. The van der Waals surface area contributed by atoms with Gasteiger partial charge in [-0.05, 0) is 97.3 Å². The Morgan fingerprint density at radius 1 is 0.652 bits per heavy atom. The molecule has 5 heteroatoms. The number of nitrogens with zero attached hydrogens (tertiary/aromatic N) is 3. The van der Waals surface area contributed by atoms with Gasteiger partial charge in [-0.15, -0.1) is 53.6 Å². The molecule has 66 heavy (non-hydrogen) atoms. The molecular formula is C61H53IrN3O-2. The summed E-state index contributed by atoms with van der Waals surface area (Å²) in [5, 5.41) is 5.58. The summed E-state index contributed by atoms with van der Waals surface area (Å²) >= 11 is 0. The number of pyridine rings is 1. The van der Waals surface area contributed by atoms with Crippen LogP contribution in [0, 0.1) is 19.0 Å². The molecule has 3 aromatic heterocycles. The molecule has 329 valence electrons. The Kier molecular flexibility index (Phi) is 11.1. The Bertz CT molecular complexity index is 3630. The fourth-order valence-corrected chi connectivity index (χ4v) is 9.17. The maximum Gasteiger partial charge on any atom is 0.128 e. The molecule has 0 aliphatic carbocycles. The molecular weight excluding hydrogens is 983 g/mol. The van der Waals surface area contributed by atoms with E-state index in [0.717, 1.165) is 54.9 Å². The number of imidazole rings is 1. The Morgan fingerprint density at radius 3 is 2.08 bits per heavy atom. The van der Waals surface area contributed by atoms with E-state index in [0.29, 0.717) is 27.9 Å². The number of furan rings is 1. The molecule has 0 spiro atoms. The molecule has 0 unspecified atom stereocenters. The van der Waals surface area contributed by atoms with Crippen molar-refractivity contribution in [3.8, 4) is 39.5 Å². The average Bonchev–Trinajstić information content (AvgIpc) is 3.93. The number of para-hydroxylation sites is 2. The van der Waals surface area contributed by atoms with Gasteiger partial charge in [0.25, 0.3) is 0 Å². The summed E-state index contributed by atoms with van der Waals surface area (Å²) in [5.41, 5.74) is 13.1. The minimum atomic E-state index is -2.38. The van der Waals surface area contributed by atoms with Gasteiger partial charge in [-0.1, -0.05) is 163 Å². The van der Waals surface area contributed by atoms with Gasteiger partial charge in [0.05, 0.1) is 22.4 Å². The van der Waals surface area contributed by atoms with Gasteiger partial charge in [-0.3, -0.25) is 4.98 Å². The predicted molar refractivity (Wildman–Crippen MR) is 273 cm³/mol. The van der Waals surface area contributed by atoms with Crippen LogP contribution >= 0.6 is 0 Å². The van der Waals surface area contributed by atoms with Gasteiger partial charge < -0.3 is 14.0 Å². The zero-order chi connectivity index (χ0) is 47.5. The second-order valence-electron chi connectivity index (χ2n) is 18.6. The van der Waals surface area contributed by atoms with E-state index < -0.39 is 6.85 Å². The van der Waals surface area contributed by atoms with Crippen molar-refractivity contribution in [2.75, 3.05) is 0 Å². The zero-order valence-corrected chi connectivity index (χ0v) is 40.7. The second-order valence-corrected chi connectivity index (χ2v) is 18.6. The molecule has 4 nitrogen and oxygen atoms in total. The quantitative estimate of drug-likeness (QED) is 0.123. The summed E-state index contributed by atoms with van der Waals surface area (Å²) in [6.45, 7) is 13.2. The van der Waals surface area contributed by atoms with Gasteiger partial charge in [-0.25, -0.2) is 0 Å². The Labute approximate surface area is 405 Å². The predicted octanol–water partition coefficient (Wildman–Crippen LogP) is 16.8. The van der Waals surface area contributed by atoms with Gasteiger partial charge in [0.2, 0.25) is 0 Å². The van der Waals surface area contributed by atoms with Gasteiger partial charge >= 0.3 is 0 Å². The van der Waals surface area contributed by atoms with Crippen LogP contribution in [0.25, 0.3) is 94.0 Å². The van der Waals surface area contributed by atoms with Crippen molar-refractivity contribution >= 4 is 54.5 Å². The molecule has 11 aromatic rings. The van der Waals surface area contributed by atoms with Crippen LogP contribution in [0.3, 0.4) is 0 Å². The second kappa shape index (κ2) is 18.0. The maximum atomic E-state index is 8.57. The molecule has 0 saturated carbocycles. The van der Waals surface area contributed by atoms with Crippen LogP contribution in [-0.4, -0.2) is 14.5 Å². The van der Waals surface area contributed by atoms with Crippen LogP contribution in [0.2, 0.25) is 0 Å². The Morgan fingerprint density at radius 2 is 1.35 bits per heavy atom. The van der Waals surface area contributed by atoms with Crippen molar-refractivity contribution in [2.45, 2.75) is 72.6 Å². The first kappa shape index (κ1) is 40.8. The van der Waals surface area contributed by atoms with Crippen LogP contribution < -0.4 is 0 Å². The summed E-state index contributed by atoms with van der Waals surface area (Å²) in [7, 11) is 0. The monoisotopic (exact) mass is 1040 g/mol. The third kappa shape index (κ3) is 8.06. The fourth-order valence-electron chi connectivity index (χ4n) is 9.17. The van der Waals surface area contributed by atoms with Gasteiger partial charge in [0.1, 0.15) is 5.58 Å². The molecule has 0 saturated heterocycles. The summed E-state index contributed by atoms with van der Waals surface area (Å²) < 4.78 is 34.9. The van der Waals surface area contributed by atoms with Crippen LogP contribution in [0.4, 0.5) is 0 Å². The summed E-state index contributed by atoms with van der Waals surface area (Å²) in [4.78, 5) is 9.68. The number of hydrogen-bond donors (Lipinski definition) is 0. The first-order chi connectivity index (χ1) is 32.7. The van der Waals surface area contributed by atoms with E-state index >= 15 is 0 Å². The van der Waals surface area contributed by atoms with Crippen molar-refractivity contribution < 1.29 is 28.6 Å². The molecule has 0 atom stereocenters. The fraction of sp³-hybridized carbons (Fsp3) is 0.180. The van der Waals surface area contributed by atoms with E-state index in [4.69, 9.17) is 13.5 Å². The van der Waals surface area contributed by atoms with Gasteiger partial charge in [-0.2, -0.15) is 0 Å². The molecule has 11 rings (SSSR count). The standard InChI is InChI=1S/C46H37N2O.C15H16N.Ir/c1-27(2)38-25-32(30-13-7-6-8-14-30)26-39(28(3)4)43(38)48-41-18-12-11-17-40(41)47-46(48)37-21-19-29(5)42-36-24-23-34-33-16-10-9-15-31(33)20-22-35(34)44(36)49-45(37)42;1-15(2,3)13-9-10-16-14(11-13)12-7-5-4-6-8-12;/h6-20,22-28H,1-5H3;4-7,9-11H,1-3H3;/q2*-1;/i5D3;;. The minimum absolute atomic E-state index is 0. The van der Waals surface area contributed by atoms with Crippen molar-refractivity contribution in [2.24, 2.45) is 0 Å². The largest absolute Gasteiger partial charge is 0.500 e. The first-order valence-electron chi connectivity index (χ1n) is 24.0.